The molecule has 2 rings (SSSR count). The fourth-order valence-electron chi connectivity index (χ4n) is 2.59. The van der Waals surface area contributed by atoms with Gasteiger partial charge in [-0.2, -0.15) is 8.78 Å². The van der Waals surface area contributed by atoms with Crippen LogP contribution in [0.25, 0.3) is 0 Å². The van der Waals surface area contributed by atoms with Gasteiger partial charge < -0.3 is 14.5 Å². The molecule has 0 aliphatic heterocycles. The van der Waals surface area contributed by atoms with Gasteiger partial charge >= 0.3 is 11.9 Å². The highest BCUT2D eigenvalue weighted by Crippen LogP contribution is 2.27. The van der Waals surface area contributed by atoms with E-state index in [0.717, 1.165) is 0 Å². The summed E-state index contributed by atoms with van der Waals surface area (Å²) >= 11 is 0.105. The van der Waals surface area contributed by atoms with Gasteiger partial charge in [0.25, 0.3) is 5.76 Å². The summed E-state index contributed by atoms with van der Waals surface area (Å²) in [7, 11) is 0. The maximum absolute atomic E-state index is 12.6. The van der Waals surface area contributed by atoms with Crippen LogP contribution in [0, 0.1) is 13.8 Å². The van der Waals surface area contributed by atoms with Crippen molar-refractivity contribution in [3.63, 3.8) is 0 Å². The number of ether oxygens (including phenoxy) is 2. The van der Waals surface area contributed by atoms with Crippen LogP contribution in [0.15, 0.2) is 23.4 Å². The lowest BCUT2D eigenvalue weighted by Gasteiger charge is -2.09. The number of alkyl halides is 2. The van der Waals surface area contributed by atoms with Crippen molar-refractivity contribution in [2.75, 3.05) is 13.2 Å². The maximum Gasteiger partial charge on any atom is 0.341 e. The van der Waals surface area contributed by atoms with Gasteiger partial charge in [0.2, 0.25) is 5.78 Å². The zero-order valence-electron chi connectivity index (χ0n) is 15.4. The molecule has 2 heterocycles. The van der Waals surface area contributed by atoms with Gasteiger partial charge in [-0.1, -0.05) is 0 Å². The normalized spacial score (nSPS) is 10.8. The average Bonchev–Trinajstić information content (AvgIpc) is 2.93. The molecule has 0 unspecified atom stereocenters. The first-order valence-electron chi connectivity index (χ1n) is 8.22. The fraction of sp³-hybridized carbons (Fsp3) is 0.333. The third kappa shape index (κ3) is 4.94. The summed E-state index contributed by atoms with van der Waals surface area (Å²) in [6, 6.07) is 2.67. The molecule has 0 amide bonds. The van der Waals surface area contributed by atoms with Crippen LogP contribution >= 0.6 is 11.8 Å². The number of aromatic nitrogens is 2. The Morgan fingerprint density at radius 2 is 1.82 bits per heavy atom. The molecule has 2 aromatic heterocycles. The number of pyridine rings is 1. The number of halogens is 2. The number of aryl methyl sites for hydroxylation is 2. The molecule has 0 radical (unpaired) electrons. The van der Waals surface area contributed by atoms with E-state index in [1.807, 2.05) is 0 Å². The molecular weight excluding hydrogens is 394 g/mol. The number of nitrogens with zero attached hydrogens (tertiary/aromatic N) is 1. The van der Waals surface area contributed by atoms with Crippen LogP contribution in [0.1, 0.15) is 49.4 Å². The predicted octanol–water partition coefficient (Wildman–Crippen LogP) is 3.56. The molecule has 7 nitrogen and oxygen atoms in total. The number of nitrogens with one attached hydrogen (secondary N) is 1. The molecule has 0 bridgehead atoms. The molecule has 0 saturated carbocycles. The van der Waals surface area contributed by atoms with E-state index in [1.54, 1.807) is 20.8 Å². The van der Waals surface area contributed by atoms with Gasteiger partial charge in [0.05, 0.1) is 23.3 Å². The van der Waals surface area contributed by atoms with Crippen molar-refractivity contribution >= 4 is 29.5 Å². The first kappa shape index (κ1) is 21.5. The first-order chi connectivity index (χ1) is 13.3. The zero-order valence-corrected chi connectivity index (χ0v) is 16.2. The third-order valence-corrected chi connectivity index (χ3v) is 4.39. The summed E-state index contributed by atoms with van der Waals surface area (Å²) in [5, 5.41) is -0.198. The highest BCUT2D eigenvalue weighted by atomic mass is 32.2. The topological polar surface area (TPSA) is 98.4 Å². The summed E-state index contributed by atoms with van der Waals surface area (Å²) in [6.07, 6.45) is 1.27. The van der Waals surface area contributed by atoms with Crippen molar-refractivity contribution in [1.29, 1.82) is 0 Å². The minimum Gasteiger partial charge on any atom is -0.462 e. The molecule has 150 valence electrons. The number of aromatic amines is 1. The van der Waals surface area contributed by atoms with Gasteiger partial charge in [0.1, 0.15) is 5.03 Å². The van der Waals surface area contributed by atoms with Gasteiger partial charge in [-0.25, -0.2) is 14.6 Å². The van der Waals surface area contributed by atoms with Crippen LogP contribution in [0.4, 0.5) is 8.78 Å². The molecule has 0 spiro atoms. The Balaban J connectivity index is 2.18. The number of esters is 2. The first-order valence-corrected chi connectivity index (χ1v) is 9.10. The summed E-state index contributed by atoms with van der Waals surface area (Å²) in [5.74, 6) is -5.01. The Bertz CT molecular complexity index is 898. The predicted molar refractivity (Wildman–Crippen MR) is 96.9 cm³/mol. The summed E-state index contributed by atoms with van der Waals surface area (Å²) in [6.45, 7) is 4.32. The van der Waals surface area contributed by atoms with Gasteiger partial charge in [0.15, 0.2) is 6.61 Å². The number of ketones is 1. The van der Waals surface area contributed by atoms with Gasteiger partial charge in [-0.15, -0.1) is 0 Å². The Hall–Kier alpha value is -2.75. The Morgan fingerprint density at radius 3 is 2.46 bits per heavy atom. The van der Waals surface area contributed by atoms with E-state index in [4.69, 9.17) is 9.47 Å². The molecule has 0 saturated heterocycles. The SMILES string of the molecule is CCOC(=O)c1c(C)[nH]c(C)c1C(=O)COC(=O)c1cccnc1SC(F)F. The number of carbonyl (C=O) groups is 3. The second-order valence-electron chi connectivity index (χ2n) is 5.58. The second-order valence-corrected chi connectivity index (χ2v) is 6.56. The standard InChI is InChI=1S/C18H18F2N2O5S/c1-4-26-17(25)14-10(3)22-9(2)13(14)12(23)8-27-16(24)11-6-5-7-21-15(11)28-18(19)20/h5-7,18,22H,4,8H2,1-3H3. The monoisotopic (exact) mass is 412 g/mol. The Kier molecular flexibility index (Phi) is 7.27. The van der Waals surface area contributed by atoms with Crippen LogP contribution in [0.3, 0.4) is 0 Å². The Labute approximate surface area is 163 Å². The van der Waals surface area contributed by atoms with Gasteiger partial charge in [0, 0.05) is 17.6 Å². The Morgan fingerprint density at radius 1 is 1.14 bits per heavy atom. The summed E-state index contributed by atoms with van der Waals surface area (Å²) in [4.78, 5) is 43.5. The van der Waals surface area contributed by atoms with Crippen molar-refractivity contribution in [1.82, 2.24) is 9.97 Å². The van der Waals surface area contributed by atoms with E-state index in [1.165, 1.54) is 18.3 Å². The van der Waals surface area contributed by atoms with E-state index < -0.39 is 30.1 Å². The van der Waals surface area contributed by atoms with Crippen LogP contribution in [0.2, 0.25) is 0 Å². The number of hydrogen-bond donors (Lipinski definition) is 1. The lowest BCUT2D eigenvalue weighted by molar-refractivity contribution is 0.0468. The van der Waals surface area contributed by atoms with E-state index in [2.05, 4.69) is 9.97 Å². The highest BCUT2D eigenvalue weighted by molar-refractivity contribution is 7.99. The third-order valence-electron chi connectivity index (χ3n) is 3.66. The number of H-pyrrole nitrogens is 1. The summed E-state index contributed by atoms with van der Waals surface area (Å²) < 4.78 is 35.1. The minimum atomic E-state index is -2.76. The summed E-state index contributed by atoms with van der Waals surface area (Å²) in [5.41, 5.74) is 0.853. The smallest absolute Gasteiger partial charge is 0.341 e. The molecule has 28 heavy (non-hydrogen) atoms. The molecule has 0 aliphatic carbocycles. The molecule has 0 atom stereocenters. The molecule has 0 aliphatic rings. The fourth-order valence-corrected chi connectivity index (χ4v) is 3.16. The number of hydrogen-bond acceptors (Lipinski definition) is 7. The van der Waals surface area contributed by atoms with Crippen molar-refractivity contribution in [3.8, 4) is 0 Å². The average molecular weight is 412 g/mol. The zero-order chi connectivity index (χ0) is 20.8. The number of thioether (sulfide) groups is 1. The van der Waals surface area contributed by atoms with Crippen molar-refractivity contribution in [2.24, 2.45) is 0 Å². The van der Waals surface area contributed by atoms with Gasteiger partial charge in [-0.3, -0.25) is 4.79 Å². The molecule has 0 fully saturated rings. The van der Waals surface area contributed by atoms with E-state index in [9.17, 15) is 23.2 Å². The second kappa shape index (κ2) is 9.45. The molecule has 1 N–H and O–H groups in total. The minimum absolute atomic E-state index is 0.0668. The van der Waals surface area contributed by atoms with Crippen LogP contribution < -0.4 is 0 Å². The van der Waals surface area contributed by atoms with Crippen LogP contribution in [0.5, 0.6) is 0 Å². The highest BCUT2D eigenvalue weighted by Gasteiger charge is 2.26. The van der Waals surface area contributed by atoms with Crippen LogP contribution in [-0.2, 0) is 9.47 Å². The number of carbonyl (C=O) groups excluding carboxylic acids is 3. The lowest BCUT2D eigenvalue weighted by Crippen LogP contribution is -2.18. The largest absolute Gasteiger partial charge is 0.462 e. The van der Waals surface area contributed by atoms with Crippen molar-refractivity contribution in [2.45, 2.75) is 31.6 Å². The number of rotatable bonds is 8. The molecule has 2 aromatic rings. The van der Waals surface area contributed by atoms with E-state index in [0.29, 0.717) is 11.4 Å². The van der Waals surface area contributed by atoms with Crippen molar-refractivity contribution < 1.29 is 32.6 Å². The maximum atomic E-state index is 12.6. The van der Waals surface area contributed by atoms with E-state index in [-0.39, 0.29) is 40.1 Å². The molecule has 10 heteroatoms. The van der Waals surface area contributed by atoms with Crippen LogP contribution in [-0.4, -0.2) is 46.7 Å². The quantitative estimate of drug-likeness (QED) is 0.402. The number of Topliss-reactive ketones (excluding diaryl/α,β-unsaturated/α-hetero) is 1. The van der Waals surface area contributed by atoms with Gasteiger partial charge in [-0.05, 0) is 44.7 Å². The molecular formula is C18H18F2N2O5S. The van der Waals surface area contributed by atoms with Crippen molar-refractivity contribution in [3.05, 3.63) is 46.4 Å². The van der Waals surface area contributed by atoms with E-state index >= 15 is 0 Å². The lowest BCUT2D eigenvalue weighted by atomic mass is 10.1. The molecule has 0 aromatic carbocycles.